The van der Waals surface area contributed by atoms with Crippen molar-refractivity contribution in [2.75, 3.05) is 19.6 Å². The summed E-state index contributed by atoms with van der Waals surface area (Å²) in [5, 5.41) is 5.55. The Bertz CT molecular complexity index is 296. The molecule has 2 nitrogen and oxygen atoms in total. The predicted octanol–water partition coefficient (Wildman–Crippen LogP) is 2.30. The van der Waals surface area contributed by atoms with Crippen LogP contribution in [-0.2, 0) is 6.54 Å². The van der Waals surface area contributed by atoms with Crippen LogP contribution < -0.4 is 5.32 Å². The fourth-order valence-corrected chi connectivity index (χ4v) is 2.89. The number of halogens is 1. The van der Waals surface area contributed by atoms with E-state index in [0.717, 1.165) is 32.2 Å². The molecule has 0 spiro atoms. The molecule has 1 aliphatic rings. The van der Waals surface area contributed by atoms with Crippen molar-refractivity contribution in [3.05, 3.63) is 20.8 Å². The Hall–Kier alpha value is 0.1000. The van der Waals surface area contributed by atoms with Crippen molar-refractivity contribution in [1.82, 2.24) is 10.2 Å². The second-order valence-electron chi connectivity index (χ2n) is 3.63. The largest absolute Gasteiger partial charge is 0.314 e. The van der Waals surface area contributed by atoms with Crippen molar-refractivity contribution in [2.45, 2.75) is 19.5 Å². The third kappa shape index (κ3) is 2.37. The van der Waals surface area contributed by atoms with Gasteiger partial charge in [-0.3, -0.25) is 4.90 Å². The zero-order valence-electron chi connectivity index (χ0n) is 8.29. The van der Waals surface area contributed by atoms with Crippen LogP contribution in [-0.4, -0.2) is 30.6 Å². The van der Waals surface area contributed by atoms with Crippen molar-refractivity contribution in [3.63, 3.8) is 0 Å². The highest BCUT2D eigenvalue weighted by atomic mass is 79.9. The van der Waals surface area contributed by atoms with Crippen molar-refractivity contribution >= 4 is 27.3 Å². The number of hydrogen-bond acceptors (Lipinski definition) is 3. The molecule has 0 saturated carbocycles. The Morgan fingerprint density at radius 3 is 2.86 bits per heavy atom. The fourth-order valence-electron chi connectivity index (χ4n) is 1.69. The molecule has 0 atom stereocenters. The van der Waals surface area contributed by atoms with Gasteiger partial charge in [-0.2, -0.15) is 0 Å². The van der Waals surface area contributed by atoms with Gasteiger partial charge in [0.1, 0.15) is 0 Å². The molecule has 1 aromatic heterocycles. The minimum Gasteiger partial charge on any atom is -0.314 e. The van der Waals surface area contributed by atoms with Gasteiger partial charge in [-0.15, -0.1) is 11.3 Å². The second kappa shape index (κ2) is 4.75. The maximum atomic E-state index is 3.50. The monoisotopic (exact) mass is 274 g/mol. The zero-order chi connectivity index (χ0) is 9.97. The van der Waals surface area contributed by atoms with E-state index in [1.165, 1.54) is 9.35 Å². The summed E-state index contributed by atoms with van der Waals surface area (Å²) in [5.41, 5.74) is 1.43. The quantitative estimate of drug-likeness (QED) is 0.907. The Balaban J connectivity index is 1.93. The number of rotatable bonds is 4. The molecule has 0 aliphatic carbocycles. The molecular weight excluding hydrogens is 260 g/mol. The second-order valence-corrected chi connectivity index (χ2v) is 5.92. The lowest BCUT2D eigenvalue weighted by Crippen LogP contribution is -2.56. The van der Waals surface area contributed by atoms with Gasteiger partial charge in [0.05, 0.1) is 3.79 Å². The first-order chi connectivity index (χ1) is 6.79. The summed E-state index contributed by atoms with van der Waals surface area (Å²) in [6.45, 7) is 6.77. The molecule has 14 heavy (non-hydrogen) atoms. The van der Waals surface area contributed by atoms with Crippen LogP contribution in [0.3, 0.4) is 0 Å². The number of hydrogen-bond donors (Lipinski definition) is 1. The molecule has 78 valence electrons. The van der Waals surface area contributed by atoms with E-state index in [1.807, 2.05) is 0 Å². The summed E-state index contributed by atoms with van der Waals surface area (Å²) in [7, 11) is 0. The maximum Gasteiger partial charge on any atom is 0.0701 e. The number of likely N-dealkylation sites (N-methyl/N-ethyl adjacent to an activating group) is 1. The van der Waals surface area contributed by atoms with E-state index in [0.29, 0.717) is 0 Å². The lowest BCUT2D eigenvalue weighted by Gasteiger charge is -2.37. The third-order valence-electron chi connectivity index (χ3n) is 2.69. The van der Waals surface area contributed by atoms with Gasteiger partial charge in [0, 0.05) is 25.7 Å². The van der Waals surface area contributed by atoms with Crippen LogP contribution in [0.15, 0.2) is 15.2 Å². The minimum atomic E-state index is 0.749. The van der Waals surface area contributed by atoms with E-state index in [-0.39, 0.29) is 0 Å². The molecule has 1 N–H and O–H groups in total. The normalized spacial score (nSPS) is 17.4. The van der Waals surface area contributed by atoms with E-state index in [1.54, 1.807) is 11.3 Å². The Morgan fingerprint density at radius 2 is 2.43 bits per heavy atom. The summed E-state index contributed by atoms with van der Waals surface area (Å²) >= 11 is 5.27. The first-order valence-electron chi connectivity index (χ1n) is 4.97. The van der Waals surface area contributed by atoms with Crippen LogP contribution in [0.4, 0.5) is 0 Å². The van der Waals surface area contributed by atoms with Crippen LogP contribution in [0.25, 0.3) is 0 Å². The molecule has 2 rings (SSSR count). The van der Waals surface area contributed by atoms with Crippen molar-refractivity contribution in [2.24, 2.45) is 0 Å². The molecule has 0 aromatic carbocycles. The number of nitrogens with one attached hydrogen (secondary N) is 1. The van der Waals surface area contributed by atoms with Gasteiger partial charge in [0.25, 0.3) is 0 Å². The summed E-state index contributed by atoms with van der Waals surface area (Å²) in [4.78, 5) is 2.53. The summed E-state index contributed by atoms with van der Waals surface area (Å²) in [5.74, 6) is 0. The van der Waals surface area contributed by atoms with Crippen LogP contribution in [0.1, 0.15) is 12.5 Å². The Labute approximate surface area is 97.4 Å². The van der Waals surface area contributed by atoms with Crippen molar-refractivity contribution in [3.8, 4) is 0 Å². The van der Waals surface area contributed by atoms with E-state index < -0.39 is 0 Å². The molecule has 4 heteroatoms. The standard InChI is InChI=1S/C10H15BrN2S/c1-2-13(9-4-12-5-9)6-8-3-10(11)14-7-8/h3,7,9,12H,2,4-6H2,1H3. The number of thiophene rings is 1. The van der Waals surface area contributed by atoms with E-state index >= 15 is 0 Å². The lowest BCUT2D eigenvalue weighted by molar-refractivity contribution is 0.145. The Kier molecular flexibility index (Phi) is 3.60. The zero-order valence-corrected chi connectivity index (χ0v) is 10.7. The lowest BCUT2D eigenvalue weighted by atomic mass is 10.1. The Morgan fingerprint density at radius 1 is 1.64 bits per heavy atom. The maximum absolute atomic E-state index is 3.50. The van der Waals surface area contributed by atoms with Crippen LogP contribution in [0.5, 0.6) is 0 Å². The first kappa shape index (κ1) is 10.6. The molecule has 0 unspecified atom stereocenters. The van der Waals surface area contributed by atoms with E-state index in [4.69, 9.17) is 0 Å². The van der Waals surface area contributed by atoms with Gasteiger partial charge in [-0.25, -0.2) is 0 Å². The molecule has 1 saturated heterocycles. The SMILES string of the molecule is CCN(Cc1csc(Br)c1)C1CNC1. The first-order valence-corrected chi connectivity index (χ1v) is 6.64. The molecule has 0 amide bonds. The molecule has 2 heterocycles. The van der Waals surface area contributed by atoms with Gasteiger partial charge in [-0.1, -0.05) is 6.92 Å². The highest BCUT2D eigenvalue weighted by Gasteiger charge is 2.23. The number of nitrogens with zero attached hydrogens (tertiary/aromatic N) is 1. The van der Waals surface area contributed by atoms with Gasteiger partial charge in [0.15, 0.2) is 0 Å². The van der Waals surface area contributed by atoms with E-state index in [9.17, 15) is 0 Å². The van der Waals surface area contributed by atoms with Gasteiger partial charge < -0.3 is 5.32 Å². The van der Waals surface area contributed by atoms with Gasteiger partial charge in [-0.05, 0) is 39.5 Å². The molecule has 0 bridgehead atoms. The van der Waals surface area contributed by atoms with Crippen LogP contribution >= 0.6 is 27.3 Å². The van der Waals surface area contributed by atoms with Gasteiger partial charge >= 0.3 is 0 Å². The van der Waals surface area contributed by atoms with Crippen molar-refractivity contribution in [1.29, 1.82) is 0 Å². The third-order valence-corrected chi connectivity index (χ3v) is 4.24. The average molecular weight is 275 g/mol. The fraction of sp³-hybridized carbons (Fsp3) is 0.600. The molecule has 1 aromatic rings. The predicted molar refractivity (Wildman–Crippen MR) is 64.8 cm³/mol. The summed E-state index contributed by atoms with van der Waals surface area (Å²) < 4.78 is 1.23. The average Bonchev–Trinajstić information content (AvgIpc) is 2.47. The highest BCUT2D eigenvalue weighted by molar-refractivity contribution is 9.11. The molecule has 0 radical (unpaired) electrons. The van der Waals surface area contributed by atoms with E-state index in [2.05, 4.69) is 44.5 Å². The molecular formula is C10H15BrN2S. The van der Waals surface area contributed by atoms with Gasteiger partial charge in [0.2, 0.25) is 0 Å². The smallest absolute Gasteiger partial charge is 0.0701 e. The van der Waals surface area contributed by atoms with Crippen LogP contribution in [0, 0.1) is 0 Å². The molecule has 1 fully saturated rings. The van der Waals surface area contributed by atoms with Crippen molar-refractivity contribution < 1.29 is 0 Å². The highest BCUT2D eigenvalue weighted by Crippen LogP contribution is 2.22. The van der Waals surface area contributed by atoms with Crippen LogP contribution in [0.2, 0.25) is 0 Å². The summed E-state index contributed by atoms with van der Waals surface area (Å²) in [6.07, 6.45) is 0. The topological polar surface area (TPSA) is 15.3 Å². The molecule has 1 aliphatic heterocycles. The minimum absolute atomic E-state index is 0.749. The summed E-state index contributed by atoms with van der Waals surface area (Å²) in [6, 6.07) is 2.97.